The van der Waals surface area contributed by atoms with Crippen LogP contribution in [0, 0.1) is 0 Å². The summed E-state index contributed by atoms with van der Waals surface area (Å²) < 4.78 is 6.88. The fraction of sp³-hybridized carbons (Fsp3) is 0.538. The SMILES string of the molecule is C[C@H](NC(=O)c1cccn1C)C(=O)OC(C)(C)C. The number of nitrogens with zero attached hydrogens (tertiary/aromatic N) is 1. The van der Waals surface area contributed by atoms with Gasteiger partial charge in [0.15, 0.2) is 0 Å². The van der Waals surface area contributed by atoms with E-state index in [1.165, 1.54) is 0 Å². The van der Waals surface area contributed by atoms with Gasteiger partial charge in [0.25, 0.3) is 5.91 Å². The summed E-state index contributed by atoms with van der Waals surface area (Å²) in [4.78, 5) is 23.6. The second-order valence-electron chi connectivity index (χ2n) is 5.23. The van der Waals surface area contributed by atoms with E-state index in [-0.39, 0.29) is 5.91 Å². The van der Waals surface area contributed by atoms with Crippen LogP contribution in [0.2, 0.25) is 0 Å². The Balaban J connectivity index is 2.60. The molecule has 0 saturated heterocycles. The Morgan fingerprint density at radius 1 is 1.39 bits per heavy atom. The van der Waals surface area contributed by atoms with E-state index in [2.05, 4.69) is 5.32 Å². The first-order chi connectivity index (χ1) is 8.20. The first-order valence-electron chi connectivity index (χ1n) is 5.86. The number of amides is 1. The molecule has 0 bridgehead atoms. The Hall–Kier alpha value is -1.78. The molecule has 0 spiro atoms. The zero-order valence-electron chi connectivity index (χ0n) is 11.5. The van der Waals surface area contributed by atoms with Crippen molar-refractivity contribution in [2.24, 2.45) is 7.05 Å². The minimum absolute atomic E-state index is 0.291. The Labute approximate surface area is 107 Å². The topological polar surface area (TPSA) is 60.3 Å². The molecule has 0 saturated carbocycles. The number of esters is 1. The summed E-state index contributed by atoms with van der Waals surface area (Å²) >= 11 is 0. The molecule has 1 heterocycles. The van der Waals surface area contributed by atoms with E-state index in [9.17, 15) is 9.59 Å². The van der Waals surface area contributed by atoms with Crippen molar-refractivity contribution in [2.45, 2.75) is 39.3 Å². The molecule has 1 aromatic rings. The molecule has 1 amide bonds. The van der Waals surface area contributed by atoms with E-state index < -0.39 is 17.6 Å². The third-order valence-corrected chi connectivity index (χ3v) is 2.28. The lowest BCUT2D eigenvalue weighted by Crippen LogP contribution is -2.42. The highest BCUT2D eigenvalue weighted by molar-refractivity contribution is 5.95. The molecular formula is C13H20N2O3. The predicted molar refractivity (Wildman–Crippen MR) is 68.2 cm³/mol. The molecule has 100 valence electrons. The summed E-state index contributed by atoms with van der Waals surface area (Å²) in [6, 6.07) is 2.79. The predicted octanol–water partition coefficient (Wildman–Crippen LogP) is 1.49. The van der Waals surface area contributed by atoms with Gasteiger partial charge in [0.05, 0.1) is 0 Å². The highest BCUT2D eigenvalue weighted by Gasteiger charge is 2.23. The van der Waals surface area contributed by atoms with Crippen LogP contribution in [0.3, 0.4) is 0 Å². The zero-order valence-corrected chi connectivity index (χ0v) is 11.5. The Morgan fingerprint density at radius 3 is 2.44 bits per heavy atom. The molecule has 0 aliphatic heterocycles. The smallest absolute Gasteiger partial charge is 0.328 e. The van der Waals surface area contributed by atoms with Crippen molar-refractivity contribution in [2.75, 3.05) is 0 Å². The number of ether oxygens (including phenoxy) is 1. The van der Waals surface area contributed by atoms with Crippen molar-refractivity contribution in [1.29, 1.82) is 0 Å². The number of hydrogen-bond acceptors (Lipinski definition) is 3. The number of carbonyl (C=O) groups excluding carboxylic acids is 2. The normalized spacial score (nSPS) is 12.9. The maximum Gasteiger partial charge on any atom is 0.328 e. The fourth-order valence-corrected chi connectivity index (χ4v) is 1.42. The first kappa shape index (κ1) is 14.3. The molecular weight excluding hydrogens is 232 g/mol. The van der Waals surface area contributed by atoms with Crippen LogP contribution < -0.4 is 5.32 Å². The van der Waals surface area contributed by atoms with Gasteiger partial charge < -0.3 is 14.6 Å². The van der Waals surface area contributed by atoms with Crippen molar-refractivity contribution in [1.82, 2.24) is 9.88 Å². The summed E-state index contributed by atoms with van der Waals surface area (Å²) in [5.41, 5.74) is -0.0495. The van der Waals surface area contributed by atoms with E-state index in [1.54, 1.807) is 57.6 Å². The van der Waals surface area contributed by atoms with E-state index in [4.69, 9.17) is 4.74 Å². The van der Waals surface area contributed by atoms with E-state index in [0.29, 0.717) is 5.69 Å². The molecule has 1 atom stereocenters. The third kappa shape index (κ3) is 3.91. The van der Waals surface area contributed by atoms with Gasteiger partial charge >= 0.3 is 5.97 Å². The van der Waals surface area contributed by atoms with Crippen LogP contribution in [-0.4, -0.2) is 28.1 Å². The molecule has 5 nitrogen and oxygen atoms in total. The van der Waals surface area contributed by atoms with Gasteiger partial charge in [-0.2, -0.15) is 0 Å². The molecule has 0 aliphatic carbocycles. The Kier molecular flexibility index (Phi) is 4.16. The minimum Gasteiger partial charge on any atom is -0.458 e. The maximum atomic E-state index is 11.9. The summed E-state index contributed by atoms with van der Waals surface area (Å²) in [5.74, 6) is -0.731. The van der Waals surface area contributed by atoms with Crippen LogP contribution in [-0.2, 0) is 16.6 Å². The molecule has 1 aromatic heterocycles. The summed E-state index contributed by atoms with van der Waals surface area (Å²) in [5, 5.41) is 2.61. The highest BCUT2D eigenvalue weighted by atomic mass is 16.6. The maximum absolute atomic E-state index is 11.9. The molecule has 0 radical (unpaired) electrons. The zero-order chi connectivity index (χ0) is 13.9. The molecule has 0 unspecified atom stereocenters. The highest BCUT2D eigenvalue weighted by Crippen LogP contribution is 2.08. The lowest BCUT2D eigenvalue weighted by Gasteiger charge is -2.22. The number of hydrogen-bond donors (Lipinski definition) is 1. The fourth-order valence-electron chi connectivity index (χ4n) is 1.42. The van der Waals surface area contributed by atoms with Crippen molar-refractivity contribution in [3.8, 4) is 0 Å². The molecule has 18 heavy (non-hydrogen) atoms. The Bertz CT molecular complexity index is 443. The van der Waals surface area contributed by atoms with Crippen LogP contribution >= 0.6 is 0 Å². The van der Waals surface area contributed by atoms with Gasteiger partial charge in [-0.05, 0) is 39.8 Å². The summed E-state index contributed by atoms with van der Waals surface area (Å²) in [7, 11) is 1.77. The number of aryl methyl sites for hydroxylation is 1. The quantitative estimate of drug-likeness (QED) is 0.829. The van der Waals surface area contributed by atoms with Gasteiger partial charge in [-0.15, -0.1) is 0 Å². The Morgan fingerprint density at radius 2 is 2.00 bits per heavy atom. The number of rotatable bonds is 3. The van der Waals surface area contributed by atoms with Crippen molar-refractivity contribution < 1.29 is 14.3 Å². The van der Waals surface area contributed by atoms with Crippen LogP contribution in [0.15, 0.2) is 18.3 Å². The second-order valence-corrected chi connectivity index (χ2v) is 5.23. The largest absolute Gasteiger partial charge is 0.458 e. The monoisotopic (exact) mass is 252 g/mol. The number of nitrogens with one attached hydrogen (secondary N) is 1. The van der Waals surface area contributed by atoms with Gasteiger partial charge in [0, 0.05) is 13.2 Å². The first-order valence-corrected chi connectivity index (χ1v) is 5.86. The molecule has 1 rings (SSSR count). The van der Waals surface area contributed by atoms with Crippen LogP contribution in [0.1, 0.15) is 38.2 Å². The minimum atomic E-state index is -0.674. The lowest BCUT2D eigenvalue weighted by molar-refractivity contribution is -0.156. The van der Waals surface area contributed by atoms with Crippen molar-refractivity contribution in [3.63, 3.8) is 0 Å². The molecule has 0 fully saturated rings. The lowest BCUT2D eigenvalue weighted by atomic mass is 10.2. The van der Waals surface area contributed by atoms with Gasteiger partial charge in [-0.25, -0.2) is 4.79 Å². The van der Waals surface area contributed by atoms with Crippen LogP contribution in [0.5, 0.6) is 0 Å². The number of aromatic nitrogens is 1. The van der Waals surface area contributed by atoms with Crippen LogP contribution in [0.4, 0.5) is 0 Å². The van der Waals surface area contributed by atoms with Gasteiger partial charge in [-0.3, -0.25) is 4.79 Å². The average Bonchev–Trinajstić information content (AvgIpc) is 2.61. The van der Waals surface area contributed by atoms with Gasteiger partial charge in [-0.1, -0.05) is 0 Å². The summed E-state index contributed by atoms with van der Waals surface area (Å²) in [6.45, 7) is 6.97. The molecule has 0 aromatic carbocycles. The second kappa shape index (κ2) is 5.25. The van der Waals surface area contributed by atoms with E-state index in [0.717, 1.165) is 0 Å². The third-order valence-electron chi connectivity index (χ3n) is 2.28. The summed E-state index contributed by atoms with van der Waals surface area (Å²) in [6.07, 6.45) is 1.77. The van der Waals surface area contributed by atoms with E-state index >= 15 is 0 Å². The van der Waals surface area contributed by atoms with Crippen molar-refractivity contribution in [3.05, 3.63) is 24.0 Å². The molecule has 5 heteroatoms. The van der Waals surface area contributed by atoms with Gasteiger partial charge in [0.2, 0.25) is 0 Å². The van der Waals surface area contributed by atoms with Crippen LogP contribution in [0.25, 0.3) is 0 Å². The standard InChI is InChI=1S/C13H20N2O3/c1-9(12(17)18-13(2,3)4)14-11(16)10-7-6-8-15(10)5/h6-9H,1-5H3,(H,14,16)/t9-/m0/s1. The van der Waals surface area contributed by atoms with E-state index in [1.807, 2.05) is 0 Å². The van der Waals surface area contributed by atoms with Crippen molar-refractivity contribution >= 4 is 11.9 Å². The average molecular weight is 252 g/mol. The molecule has 0 aliphatic rings. The number of carbonyl (C=O) groups is 2. The van der Waals surface area contributed by atoms with Gasteiger partial charge in [0.1, 0.15) is 17.3 Å². The molecule has 1 N–H and O–H groups in total.